The molecule has 0 aliphatic rings. The summed E-state index contributed by atoms with van der Waals surface area (Å²) >= 11 is 1.38. The highest BCUT2D eigenvalue weighted by atomic mass is 32.1. The zero-order valence-electron chi connectivity index (χ0n) is 8.93. The molecule has 0 unspecified atom stereocenters. The van der Waals surface area contributed by atoms with Crippen LogP contribution < -0.4 is 0 Å². The van der Waals surface area contributed by atoms with Gasteiger partial charge in [0, 0.05) is 0 Å². The van der Waals surface area contributed by atoms with Crippen LogP contribution >= 0.6 is 11.3 Å². The van der Waals surface area contributed by atoms with E-state index >= 15 is 0 Å². The number of carbonyl (C=O) groups is 1. The predicted octanol–water partition coefficient (Wildman–Crippen LogP) is 3.25. The number of phenols is 1. The molecule has 0 radical (unpaired) electrons. The van der Waals surface area contributed by atoms with Crippen molar-refractivity contribution in [3.05, 3.63) is 51.7 Å². The van der Waals surface area contributed by atoms with E-state index < -0.39 is 0 Å². The molecule has 1 N–H and O–H groups in total. The topological polar surface area (TPSA) is 37.3 Å². The van der Waals surface area contributed by atoms with Gasteiger partial charge in [-0.05, 0) is 35.6 Å². The van der Waals surface area contributed by atoms with Gasteiger partial charge in [-0.15, -0.1) is 11.3 Å². The number of benzene rings is 1. The molecule has 1 aromatic heterocycles. The minimum Gasteiger partial charge on any atom is -0.507 e. The van der Waals surface area contributed by atoms with E-state index in [1.54, 1.807) is 18.2 Å². The quantitative estimate of drug-likeness (QED) is 0.825. The van der Waals surface area contributed by atoms with Crippen molar-refractivity contribution in [2.45, 2.75) is 13.3 Å². The molecule has 0 fully saturated rings. The lowest BCUT2D eigenvalue weighted by Gasteiger charge is -2.04. The van der Waals surface area contributed by atoms with Gasteiger partial charge in [0.25, 0.3) is 0 Å². The van der Waals surface area contributed by atoms with E-state index in [1.165, 1.54) is 11.3 Å². The van der Waals surface area contributed by atoms with Crippen molar-refractivity contribution in [1.29, 1.82) is 0 Å². The smallest absolute Gasteiger partial charge is 0.206 e. The second-order valence-electron chi connectivity index (χ2n) is 3.51. The number of rotatable bonds is 3. The van der Waals surface area contributed by atoms with Crippen molar-refractivity contribution in [2.75, 3.05) is 0 Å². The first-order chi connectivity index (χ1) is 7.72. The van der Waals surface area contributed by atoms with E-state index in [4.69, 9.17) is 0 Å². The van der Waals surface area contributed by atoms with Crippen LogP contribution in [0.25, 0.3) is 0 Å². The van der Waals surface area contributed by atoms with Gasteiger partial charge < -0.3 is 5.11 Å². The highest BCUT2D eigenvalue weighted by Crippen LogP contribution is 2.24. The van der Waals surface area contributed by atoms with Crippen molar-refractivity contribution in [3.8, 4) is 5.75 Å². The Morgan fingerprint density at radius 1 is 1.38 bits per heavy atom. The Morgan fingerprint density at radius 2 is 2.19 bits per heavy atom. The minimum atomic E-state index is -0.116. The average Bonchev–Trinajstić information content (AvgIpc) is 2.81. The third kappa shape index (κ3) is 1.99. The van der Waals surface area contributed by atoms with Crippen molar-refractivity contribution in [1.82, 2.24) is 0 Å². The van der Waals surface area contributed by atoms with Crippen LogP contribution in [0.2, 0.25) is 0 Å². The lowest BCUT2D eigenvalue weighted by atomic mass is 10.0. The lowest BCUT2D eigenvalue weighted by Crippen LogP contribution is -1.99. The van der Waals surface area contributed by atoms with Crippen LogP contribution in [0.3, 0.4) is 0 Å². The summed E-state index contributed by atoms with van der Waals surface area (Å²) in [6.07, 6.45) is 0.848. The number of phenolic OH excluding ortho intramolecular Hbond substituents is 1. The summed E-state index contributed by atoms with van der Waals surface area (Å²) in [5.74, 6) is -0.0482. The zero-order chi connectivity index (χ0) is 11.5. The van der Waals surface area contributed by atoms with Gasteiger partial charge >= 0.3 is 0 Å². The maximum absolute atomic E-state index is 12.0. The fourth-order valence-electron chi connectivity index (χ4n) is 1.53. The number of thiophene rings is 1. The molecule has 0 aliphatic heterocycles. The number of carbonyl (C=O) groups excluding carboxylic acids is 1. The van der Waals surface area contributed by atoms with E-state index in [1.807, 2.05) is 24.4 Å². The molecular formula is C13H12O2S. The Labute approximate surface area is 98.2 Å². The predicted molar refractivity (Wildman–Crippen MR) is 65.2 cm³/mol. The normalized spacial score (nSPS) is 10.3. The summed E-state index contributed by atoms with van der Waals surface area (Å²) in [7, 11) is 0. The molecule has 2 aromatic rings. The van der Waals surface area contributed by atoms with Crippen molar-refractivity contribution >= 4 is 17.1 Å². The lowest BCUT2D eigenvalue weighted by molar-refractivity contribution is 0.104. The van der Waals surface area contributed by atoms with Gasteiger partial charge in [0.2, 0.25) is 5.78 Å². The summed E-state index contributed by atoms with van der Waals surface area (Å²) in [6, 6.07) is 8.81. The first-order valence-corrected chi connectivity index (χ1v) is 6.00. The van der Waals surface area contributed by atoms with Crippen LogP contribution in [-0.4, -0.2) is 10.9 Å². The van der Waals surface area contributed by atoms with Gasteiger partial charge in [-0.2, -0.15) is 0 Å². The molecule has 2 nitrogen and oxygen atoms in total. The summed E-state index contributed by atoms with van der Waals surface area (Å²) in [4.78, 5) is 12.6. The van der Waals surface area contributed by atoms with Crippen LogP contribution in [0.4, 0.5) is 0 Å². The first-order valence-electron chi connectivity index (χ1n) is 5.12. The van der Waals surface area contributed by atoms with Crippen molar-refractivity contribution < 1.29 is 9.90 Å². The van der Waals surface area contributed by atoms with Gasteiger partial charge in [0.1, 0.15) is 5.75 Å². The number of ketones is 1. The number of aryl methyl sites for hydroxylation is 1. The molecule has 0 atom stereocenters. The Hall–Kier alpha value is -1.61. The van der Waals surface area contributed by atoms with Crippen LogP contribution in [0.5, 0.6) is 5.75 Å². The molecule has 1 heterocycles. The summed E-state index contributed by atoms with van der Waals surface area (Å²) in [6.45, 7) is 2.01. The fraction of sp³-hybridized carbons (Fsp3) is 0.154. The molecule has 3 heteroatoms. The molecule has 0 amide bonds. The molecule has 0 saturated carbocycles. The number of aromatic hydroxyl groups is 1. The zero-order valence-corrected chi connectivity index (χ0v) is 9.75. The maximum atomic E-state index is 12.0. The van der Waals surface area contributed by atoms with E-state index in [2.05, 4.69) is 0 Å². The van der Waals surface area contributed by atoms with E-state index in [-0.39, 0.29) is 11.5 Å². The van der Waals surface area contributed by atoms with E-state index in [0.717, 1.165) is 12.0 Å². The van der Waals surface area contributed by atoms with Crippen LogP contribution in [-0.2, 0) is 6.42 Å². The van der Waals surface area contributed by atoms with Crippen LogP contribution in [0.1, 0.15) is 27.7 Å². The van der Waals surface area contributed by atoms with Gasteiger partial charge in [-0.25, -0.2) is 0 Å². The molecule has 1 aromatic carbocycles. The van der Waals surface area contributed by atoms with Crippen molar-refractivity contribution in [2.24, 2.45) is 0 Å². The summed E-state index contributed by atoms with van der Waals surface area (Å²) in [5.41, 5.74) is 1.40. The molecular weight excluding hydrogens is 220 g/mol. The Balaban J connectivity index is 2.38. The highest BCUT2D eigenvalue weighted by Gasteiger charge is 2.14. The highest BCUT2D eigenvalue weighted by molar-refractivity contribution is 7.12. The average molecular weight is 232 g/mol. The second kappa shape index (κ2) is 4.49. The molecule has 0 saturated heterocycles. The monoisotopic (exact) mass is 232 g/mol. The molecule has 0 bridgehead atoms. The van der Waals surface area contributed by atoms with Crippen LogP contribution in [0, 0.1) is 0 Å². The SMILES string of the molecule is CCc1ccc(C(=O)c2cccs2)c(O)c1. The standard InChI is InChI=1S/C13H12O2S/c1-2-9-5-6-10(11(14)8-9)13(15)12-4-3-7-16-12/h3-8,14H,2H2,1H3. The molecule has 16 heavy (non-hydrogen) atoms. The van der Waals surface area contributed by atoms with Gasteiger partial charge in [-0.3, -0.25) is 4.79 Å². The summed E-state index contributed by atoms with van der Waals surface area (Å²) in [5, 5.41) is 11.6. The minimum absolute atomic E-state index is 0.0674. The second-order valence-corrected chi connectivity index (χ2v) is 4.46. The fourth-order valence-corrected chi connectivity index (χ4v) is 2.21. The van der Waals surface area contributed by atoms with Gasteiger partial charge in [0.15, 0.2) is 0 Å². The van der Waals surface area contributed by atoms with Gasteiger partial charge in [0.05, 0.1) is 10.4 Å². The van der Waals surface area contributed by atoms with Crippen LogP contribution in [0.15, 0.2) is 35.7 Å². The first kappa shape index (κ1) is 10.9. The van der Waals surface area contributed by atoms with E-state index in [9.17, 15) is 9.90 Å². The Bertz CT molecular complexity index is 501. The Kier molecular flexibility index (Phi) is 3.06. The third-order valence-electron chi connectivity index (χ3n) is 2.46. The van der Waals surface area contributed by atoms with Gasteiger partial charge in [-0.1, -0.05) is 19.1 Å². The largest absolute Gasteiger partial charge is 0.507 e. The molecule has 2 rings (SSSR count). The summed E-state index contributed by atoms with van der Waals surface area (Å²) < 4.78 is 0. The third-order valence-corrected chi connectivity index (χ3v) is 3.33. The number of hydrogen-bond acceptors (Lipinski definition) is 3. The maximum Gasteiger partial charge on any atom is 0.206 e. The molecule has 0 aliphatic carbocycles. The molecule has 82 valence electrons. The Morgan fingerprint density at radius 3 is 2.75 bits per heavy atom. The number of hydrogen-bond donors (Lipinski definition) is 1. The van der Waals surface area contributed by atoms with Crippen molar-refractivity contribution in [3.63, 3.8) is 0 Å². The molecule has 0 spiro atoms. The van der Waals surface area contributed by atoms with E-state index in [0.29, 0.717) is 10.4 Å².